The van der Waals surface area contributed by atoms with Crippen LogP contribution in [0.4, 0.5) is 4.39 Å². The second kappa shape index (κ2) is 5.91. The molecule has 2 rings (SSSR count). The summed E-state index contributed by atoms with van der Waals surface area (Å²) in [7, 11) is -3.67. The maximum absolute atomic E-state index is 12.9. The van der Waals surface area contributed by atoms with Crippen molar-refractivity contribution in [3.63, 3.8) is 0 Å². The molecule has 0 saturated heterocycles. The first-order chi connectivity index (χ1) is 9.45. The molecule has 2 aromatic rings. The molecule has 0 heterocycles. The van der Waals surface area contributed by atoms with Crippen molar-refractivity contribution in [2.75, 3.05) is 6.54 Å². The fourth-order valence-corrected chi connectivity index (χ4v) is 3.65. The highest BCUT2D eigenvalue weighted by Gasteiger charge is 2.27. The van der Waals surface area contributed by atoms with E-state index in [2.05, 4.69) is 0 Å². The zero-order chi connectivity index (χ0) is 14.8. The third kappa shape index (κ3) is 3.00. The zero-order valence-corrected chi connectivity index (χ0v) is 12.0. The van der Waals surface area contributed by atoms with Crippen LogP contribution in [-0.4, -0.2) is 15.0 Å². The third-order valence-corrected chi connectivity index (χ3v) is 5.37. The van der Waals surface area contributed by atoms with Crippen LogP contribution >= 0.6 is 11.6 Å². The van der Waals surface area contributed by atoms with Gasteiger partial charge in [-0.1, -0.05) is 23.7 Å². The van der Waals surface area contributed by atoms with Crippen LogP contribution < -0.4 is 5.73 Å². The van der Waals surface area contributed by atoms with E-state index in [1.54, 1.807) is 24.3 Å². The van der Waals surface area contributed by atoms with E-state index in [0.717, 1.165) is 12.1 Å². The van der Waals surface area contributed by atoms with Gasteiger partial charge in [-0.05, 0) is 42.0 Å². The van der Waals surface area contributed by atoms with Crippen molar-refractivity contribution in [1.29, 1.82) is 0 Å². The molecule has 106 valence electrons. The molecule has 20 heavy (non-hydrogen) atoms. The lowest BCUT2D eigenvalue weighted by Crippen LogP contribution is -2.22. The molecule has 0 aromatic heterocycles. The van der Waals surface area contributed by atoms with Gasteiger partial charge in [-0.2, -0.15) is 0 Å². The lowest BCUT2D eigenvalue weighted by atomic mass is 10.1. The minimum Gasteiger partial charge on any atom is -0.329 e. The third-order valence-electron chi connectivity index (χ3n) is 2.97. The van der Waals surface area contributed by atoms with Crippen molar-refractivity contribution in [2.24, 2.45) is 5.73 Å². The summed E-state index contributed by atoms with van der Waals surface area (Å²) in [5, 5.41) is -0.367. The molecule has 2 N–H and O–H groups in total. The Hall–Kier alpha value is -1.43. The summed E-state index contributed by atoms with van der Waals surface area (Å²) in [4.78, 5) is 0.0456. The Bertz CT molecular complexity index is 684. The van der Waals surface area contributed by atoms with Gasteiger partial charge < -0.3 is 5.73 Å². The molecular weight excluding hydrogens is 301 g/mol. The fraction of sp³-hybridized carbons (Fsp3) is 0.143. The van der Waals surface area contributed by atoms with E-state index >= 15 is 0 Å². The molecule has 0 unspecified atom stereocenters. The standard InChI is InChI=1S/C14H13ClFNO2S/c15-11-3-1-10(2-4-11)14(9-17)20(18,19)13-7-5-12(16)6-8-13/h1-8,14H,9,17H2/t14-/m0/s1. The number of rotatable bonds is 4. The van der Waals surface area contributed by atoms with Crippen molar-refractivity contribution in [3.8, 4) is 0 Å². The van der Waals surface area contributed by atoms with Crippen LogP contribution in [0.25, 0.3) is 0 Å². The second-order valence-electron chi connectivity index (χ2n) is 4.27. The van der Waals surface area contributed by atoms with Crippen LogP contribution in [0.5, 0.6) is 0 Å². The quantitative estimate of drug-likeness (QED) is 0.883. The van der Waals surface area contributed by atoms with Gasteiger partial charge in [0.25, 0.3) is 0 Å². The highest BCUT2D eigenvalue weighted by Crippen LogP contribution is 2.28. The van der Waals surface area contributed by atoms with E-state index in [-0.39, 0.29) is 11.4 Å². The highest BCUT2D eigenvalue weighted by atomic mass is 35.5. The van der Waals surface area contributed by atoms with Gasteiger partial charge in [-0.15, -0.1) is 0 Å². The summed E-state index contributed by atoms with van der Waals surface area (Å²) in [6, 6.07) is 11.2. The lowest BCUT2D eigenvalue weighted by molar-refractivity contribution is 0.581. The van der Waals surface area contributed by atoms with Crippen LogP contribution in [0.15, 0.2) is 53.4 Å². The first-order valence-corrected chi connectivity index (χ1v) is 7.82. The molecule has 0 amide bonds. The zero-order valence-electron chi connectivity index (χ0n) is 10.5. The first-order valence-electron chi connectivity index (χ1n) is 5.90. The van der Waals surface area contributed by atoms with E-state index in [1.807, 2.05) is 0 Å². The Kier molecular flexibility index (Phi) is 4.42. The van der Waals surface area contributed by atoms with Crippen LogP contribution in [0.2, 0.25) is 5.02 Å². The number of halogens is 2. The maximum Gasteiger partial charge on any atom is 0.186 e. The first kappa shape index (κ1) is 15.0. The Balaban J connectivity index is 2.44. The number of nitrogens with two attached hydrogens (primary N) is 1. The van der Waals surface area contributed by atoms with Crippen molar-refractivity contribution < 1.29 is 12.8 Å². The summed E-state index contributed by atoms with van der Waals surface area (Å²) in [6.45, 7) is -0.0681. The molecule has 0 fully saturated rings. The second-order valence-corrected chi connectivity index (χ2v) is 6.84. The van der Waals surface area contributed by atoms with E-state index in [1.165, 1.54) is 12.1 Å². The summed E-state index contributed by atoms with van der Waals surface area (Å²) in [6.07, 6.45) is 0. The van der Waals surface area contributed by atoms with E-state index < -0.39 is 20.9 Å². The average Bonchev–Trinajstić information content (AvgIpc) is 2.42. The van der Waals surface area contributed by atoms with E-state index in [4.69, 9.17) is 17.3 Å². The summed E-state index contributed by atoms with van der Waals surface area (Å²) >= 11 is 5.79. The molecule has 0 aliphatic heterocycles. The van der Waals surface area contributed by atoms with Gasteiger partial charge in [0.1, 0.15) is 11.1 Å². The minimum absolute atomic E-state index is 0.0456. The maximum atomic E-state index is 12.9. The van der Waals surface area contributed by atoms with Gasteiger partial charge >= 0.3 is 0 Å². The average molecular weight is 314 g/mol. The SMILES string of the molecule is NC[C@@H](c1ccc(Cl)cc1)S(=O)(=O)c1ccc(F)cc1. The topological polar surface area (TPSA) is 60.2 Å². The van der Waals surface area contributed by atoms with Crippen LogP contribution in [0.1, 0.15) is 10.8 Å². The number of hydrogen-bond acceptors (Lipinski definition) is 3. The highest BCUT2D eigenvalue weighted by molar-refractivity contribution is 7.91. The molecular formula is C14H13ClFNO2S. The Morgan fingerprint density at radius 1 is 1.05 bits per heavy atom. The molecule has 0 saturated carbocycles. The monoisotopic (exact) mass is 313 g/mol. The Morgan fingerprint density at radius 2 is 1.60 bits per heavy atom. The molecule has 6 heteroatoms. The molecule has 0 radical (unpaired) electrons. The largest absolute Gasteiger partial charge is 0.329 e. The molecule has 0 bridgehead atoms. The van der Waals surface area contributed by atoms with Crippen molar-refractivity contribution in [1.82, 2.24) is 0 Å². The van der Waals surface area contributed by atoms with Crippen molar-refractivity contribution in [3.05, 3.63) is 64.9 Å². The number of sulfone groups is 1. The number of hydrogen-bond donors (Lipinski definition) is 1. The predicted octanol–water partition coefficient (Wildman–Crippen LogP) is 2.95. The smallest absolute Gasteiger partial charge is 0.186 e. The van der Waals surface area contributed by atoms with Crippen molar-refractivity contribution in [2.45, 2.75) is 10.1 Å². The fourth-order valence-electron chi connectivity index (χ4n) is 1.91. The normalized spacial score (nSPS) is 13.2. The Morgan fingerprint density at radius 3 is 2.10 bits per heavy atom. The molecule has 1 atom stereocenters. The predicted molar refractivity (Wildman–Crippen MR) is 76.8 cm³/mol. The van der Waals surface area contributed by atoms with E-state index in [9.17, 15) is 12.8 Å². The van der Waals surface area contributed by atoms with Gasteiger partial charge in [0, 0.05) is 11.6 Å². The van der Waals surface area contributed by atoms with Crippen LogP contribution in [0.3, 0.4) is 0 Å². The van der Waals surface area contributed by atoms with Gasteiger partial charge in [-0.25, -0.2) is 12.8 Å². The summed E-state index contributed by atoms with van der Waals surface area (Å²) in [5.74, 6) is -0.486. The molecule has 0 aliphatic carbocycles. The summed E-state index contributed by atoms with van der Waals surface area (Å²) < 4.78 is 37.9. The Labute approximate surface area is 122 Å². The van der Waals surface area contributed by atoms with Crippen LogP contribution in [-0.2, 0) is 9.84 Å². The van der Waals surface area contributed by atoms with Gasteiger partial charge in [0.05, 0.1) is 4.90 Å². The molecule has 3 nitrogen and oxygen atoms in total. The molecule has 2 aromatic carbocycles. The van der Waals surface area contributed by atoms with Crippen molar-refractivity contribution >= 4 is 21.4 Å². The molecule has 0 aliphatic rings. The van der Waals surface area contributed by atoms with Gasteiger partial charge in [0.2, 0.25) is 0 Å². The van der Waals surface area contributed by atoms with Crippen LogP contribution in [0, 0.1) is 5.82 Å². The van der Waals surface area contributed by atoms with Gasteiger partial charge in [0.15, 0.2) is 9.84 Å². The van der Waals surface area contributed by atoms with Gasteiger partial charge in [-0.3, -0.25) is 0 Å². The minimum atomic E-state index is -3.67. The summed E-state index contributed by atoms with van der Waals surface area (Å²) in [5.41, 5.74) is 6.17. The van der Waals surface area contributed by atoms with E-state index in [0.29, 0.717) is 10.6 Å². The lowest BCUT2D eigenvalue weighted by Gasteiger charge is -2.16. The molecule has 0 spiro atoms. The number of benzene rings is 2.